The lowest BCUT2D eigenvalue weighted by Gasteiger charge is -2.20. The lowest BCUT2D eigenvalue weighted by atomic mass is 10.1. The zero-order valence-corrected chi connectivity index (χ0v) is 16.1. The molecule has 1 aromatic heterocycles. The van der Waals surface area contributed by atoms with E-state index in [1.807, 2.05) is 0 Å². The third-order valence-electron chi connectivity index (χ3n) is 3.56. The zero-order chi connectivity index (χ0) is 20.7. The summed E-state index contributed by atoms with van der Waals surface area (Å²) >= 11 is 0. The van der Waals surface area contributed by atoms with Crippen LogP contribution >= 0.6 is 0 Å². The van der Waals surface area contributed by atoms with Gasteiger partial charge in [0.1, 0.15) is 5.82 Å². The third-order valence-corrected chi connectivity index (χ3v) is 3.56. The number of amides is 3. The molecule has 2 rings (SSSR count). The molecule has 0 aliphatic carbocycles. The fourth-order valence-corrected chi connectivity index (χ4v) is 2.41. The Hall–Kier alpha value is -3.23. The van der Waals surface area contributed by atoms with Crippen LogP contribution in [0.25, 0.3) is 10.9 Å². The number of carbonyl (C=O) groups is 3. The summed E-state index contributed by atoms with van der Waals surface area (Å²) in [6.07, 6.45) is 0.833. The van der Waals surface area contributed by atoms with Crippen LogP contribution in [0, 0.1) is 0 Å². The highest BCUT2D eigenvalue weighted by Crippen LogP contribution is 2.07. The van der Waals surface area contributed by atoms with Gasteiger partial charge in [0.2, 0.25) is 0 Å². The summed E-state index contributed by atoms with van der Waals surface area (Å²) in [6.45, 7) is 4.78. The number of aryl methyl sites for hydroxylation is 1. The molecule has 0 aliphatic heterocycles. The van der Waals surface area contributed by atoms with Gasteiger partial charge < -0.3 is 15.0 Å². The molecule has 0 bridgehead atoms. The first-order valence-corrected chi connectivity index (χ1v) is 8.89. The maximum Gasteiger partial charge on any atom is 0.321 e. The molecule has 0 saturated heterocycles. The minimum atomic E-state index is -0.712. The summed E-state index contributed by atoms with van der Waals surface area (Å²) in [5.41, 5.74) is -0.124. The van der Waals surface area contributed by atoms with Crippen molar-refractivity contribution in [2.45, 2.75) is 45.6 Å². The summed E-state index contributed by atoms with van der Waals surface area (Å²) in [5.74, 6) is -0.807. The lowest BCUT2D eigenvalue weighted by molar-refractivity contribution is -0.148. The van der Waals surface area contributed by atoms with Crippen molar-refractivity contribution in [2.24, 2.45) is 0 Å². The minimum Gasteiger partial charge on any atom is -0.456 e. The second-order valence-electron chi connectivity index (χ2n) is 7.30. The van der Waals surface area contributed by atoms with Gasteiger partial charge in [-0.15, -0.1) is 0 Å². The van der Waals surface area contributed by atoms with E-state index in [9.17, 15) is 19.2 Å². The van der Waals surface area contributed by atoms with Crippen molar-refractivity contribution in [3.8, 4) is 0 Å². The highest BCUT2D eigenvalue weighted by atomic mass is 16.5. The van der Waals surface area contributed by atoms with Crippen molar-refractivity contribution in [3.63, 3.8) is 0 Å². The maximum absolute atomic E-state index is 12.0. The maximum atomic E-state index is 12.0. The summed E-state index contributed by atoms with van der Waals surface area (Å²) in [7, 11) is 0. The summed E-state index contributed by atoms with van der Waals surface area (Å²) in [5, 5.41) is 5.15. The Morgan fingerprint density at radius 1 is 1.18 bits per heavy atom. The van der Waals surface area contributed by atoms with E-state index in [0.717, 1.165) is 0 Å². The number of fused-ring (bicyclic) bond motifs is 1. The average Bonchev–Trinajstić information content (AvgIpc) is 2.58. The first-order valence-electron chi connectivity index (χ1n) is 8.89. The fourth-order valence-electron chi connectivity index (χ4n) is 2.41. The number of nitrogens with one attached hydrogen (secondary N) is 3. The van der Waals surface area contributed by atoms with Gasteiger partial charge in [-0.2, -0.15) is 0 Å². The molecular formula is C19H24N4O5. The third kappa shape index (κ3) is 6.82. The van der Waals surface area contributed by atoms with Gasteiger partial charge in [-0.1, -0.05) is 12.1 Å². The van der Waals surface area contributed by atoms with E-state index in [0.29, 0.717) is 29.6 Å². The Balaban J connectivity index is 1.74. The standard InChI is InChI=1S/C19H24N4O5/c1-19(2,3)23-18(27)22-15(24)11-28-16(25)10-6-9-14-20-13-8-5-4-7-12(13)17(26)21-14/h4-5,7-8H,6,9-11H2,1-3H3,(H,20,21,26)(H2,22,23,24,27). The van der Waals surface area contributed by atoms with Crippen LogP contribution in [0.3, 0.4) is 0 Å². The molecule has 9 nitrogen and oxygen atoms in total. The SMILES string of the molecule is CC(C)(C)NC(=O)NC(=O)COC(=O)CCCc1nc2ccccc2c(=O)[nH]1. The number of hydrogen-bond donors (Lipinski definition) is 3. The number of aromatic amines is 1. The van der Waals surface area contributed by atoms with Gasteiger partial charge in [-0.05, 0) is 39.3 Å². The first kappa shape index (κ1) is 21.1. The molecule has 0 radical (unpaired) electrons. The largest absolute Gasteiger partial charge is 0.456 e. The van der Waals surface area contributed by atoms with Crippen molar-refractivity contribution in [3.05, 3.63) is 40.4 Å². The van der Waals surface area contributed by atoms with E-state index >= 15 is 0 Å². The van der Waals surface area contributed by atoms with Gasteiger partial charge in [0.25, 0.3) is 11.5 Å². The normalized spacial score (nSPS) is 11.1. The fraction of sp³-hybridized carbons (Fsp3) is 0.421. The summed E-state index contributed by atoms with van der Waals surface area (Å²) in [6, 6.07) is 6.34. The summed E-state index contributed by atoms with van der Waals surface area (Å²) in [4.78, 5) is 53.9. The molecule has 1 heterocycles. The van der Waals surface area contributed by atoms with Crippen LogP contribution in [-0.2, 0) is 20.7 Å². The molecule has 0 saturated carbocycles. The number of ether oxygens (including phenoxy) is 1. The number of para-hydroxylation sites is 1. The van der Waals surface area contributed by atoms with E-state index in [1.165, 1.54) is 0 Å². The zero-order valence-electron chi connectivity index (χ0n) is 16.1. The van der Waals surface area contributed by atoms with Gasteiger partial charge >= 0.3 is 12.0 Å². The molecule has 3 amide bonds. The van der Waals surface area contributed by atoms with Crippen LogP contribution in [0.1, 0.15) is 39.4 Å². The highest BCUT2D eigenvalue weighted by molar-refractivity contribution is 5.95. The molecule has 28 heavy (non-hydrogen) atoms. The van der Waals surface area contributed by atoms with Crippen LogP contribution in [0.2, 0.25) is 0 Å². The van der Waals surface area contributed by atoms with Crippen LogP contribution in [0.15, 0.2) is 29.1 Å². The molecule has 3 N–H and O–H groups in total. The monoisotopic (exact) mass is 388 g/mol. The second-order valence-corrected chi connectivity index (χ2v) is 7.30. The number of benzene rings is 1. The van der Waals surface area contributed by atoms with Crippen LogP contribution < -0.4 is 16.2 Å². The Morgan fingerprint density at radius 2 is 1.89 bits per heavy atom. The van der Waals surface area contributed by atoms with Crippen molar-refractivity contribution in [1.82, 2.24) is 20.6 Å². The molecule has 2 aromatic rings. The number of aromatic nitrogens is 2. The molecular weight excluding hydrogens is 364 g/mol. The van der Waals surface area contributed by atoms with Crippen molar-refractivity contribution in [2.75, 3.05) is 6.61 Å². The number of H-pyrrole nitrogens is 1. The number of esters is 1. The predicted molar refractivity (Wildman–Crippen MR) is 103 cm³/mol. The number of urea groups is 1. The van der Waals surface area contributed by atoms with E-state index in [-0.39, 0.29) is 12.0 Å². The smallest absolute Gasteiger partial charge is 0.321 e. The Labute approximate surface area is 161 Å². The molecule has 0 spiro atoms. The minimum absolute atomic E-state index is 0.0536. The number of hydrogen-bond acceptors (Lipinski definition) is 6. The number of rotatable bonds is 6. The van der Waals surface area contributed by atoms with E-state index in [2.05, 4.69) is 20.6 Å². The molecule has 0 unspecified atom stereocenters. The van der Waals surface area contributed by atoms with Gasteiger partial charge in [-0.25, -0.2) is 9.78 Å². The van der Waals surface area contributed by atoms with Gasteiger partial charge in [-0.3, -0.25) is 19.7 Å². The van der Waals surface area contributed by atoms with Crippen LogP contribution in [-0.4, -0.2) is 40.0 Å². The lowest BCUT2D eigenvalue weighted by Crippen LogP contribution is -2.49. The Bertz CT molecular complexity index is 930. The molecule has 150 valence electrons. The highest BCUT2D eigenvalue weighted by Gasteiger charge is 2.16. The quantitative estimate of drug-likeness (QED) is 0.642. The average molecular weight is 388 g/mol. The second kappa shape index (κ2) is 9.12. The van der Waals surface area contributed by atoms with E-state index in [1.54, 1.807) is 45.0 Å². The molecule has 9 heteroatoms. The first-order chi connectivity index (χ1) is 13.1. The molecule has 0 aliphatic rings. The van der Waals surface area contributed by atoms with E-state index in [4.69, 9.17) is 4.74 Å². The van der Waals surface area contributed by atoms with Gasteiger partial charge in [0.15, 0.2) is 6.61 Å². The number of carbonyl (C=O) groups excluding carboxylic acids is 3. The van der Waals surface area contributed by atoms with Crippen molar-refractivity contribution in [1.29, 1.82) is 0 Å². The molecule has 1 aromatic carbocycles. The molecule has 0 fully saturated rings. The van der Waals surface area contributed by atoms with Crippen molar-refractivity contribution >= 4 is 28.8 Å². The number of imide groups is 1. The topological polar surface area (TPSA) is 130 Å². The number of nitrogens with zero attached hydrogens (tertiary/aromatic N) is 1. The Morgan fingerprint density at radius 3 is 2.61 bits per heavy atom. The van der Waals surface area contributed by atoms with Gasteiger partial charge in [0.05, 0.1) is 10.9 Å². The van der Waals surface area contributed by atoms with Crippen LogP contribution in [0.5, 0.6) is 0 Å². The van der Waals surface area contributed by atoms with Gasteiger partial charge in [0, 0.05) is 18.4 Å². The molecule has 0 atom stereocenters. The van der Waals surface area contributed by atoms with E-state index < -0.39 is 30.1 Å². The predicted octanol–water partition coefficient (Wildman–Crippen LogP) is 1.41. The summed E-state index contributed by atoms with van der Waals surface area (Å²) < 4.78 is 4.84. The van der Waals surface area contributed by atoms with Crippen LogP contribution in [0.4, 0.5) is 4.79 Å². The Kier molecular flexibility index (Phi) is 6.86. The van der Waals surface area contributed by atoms with Crippen molar-refractivity contribution < 1.29 is 19.1 Å².